The van der Waals surface area contributed by atoms with E-state index in [0.29, 0.717) is 17.7 Å². The normalized spacial score (nSPS) is 10.3. The van der Waals surface area contributed by atoms with Crippen molar-refractivity contribution in [3.8, 4) is 0 Å². The Kier molecular flexibility index (Phi) is 5.05. The predicted molar refractivity (Wildman–Crippen MR) is 87.2 cm³/mol. The molecule has 0 saturated carbocycles. The number of carbonyl (C=O) groups excluding carboxylic acids is 1. The van der Waals surface area contributed by atoms with Crippen molar-refractivity contribution in [2.24, 2.45) is 5.73 Å². The number of thiocarbonyl (C=S) groups is 1. The molecule has 0 saturated heterocycles. The van der Waals surface area contributed by atoms with Crippen molar-refractivity contribution in [3.05, 3.63) is 48.0 Å². The second-order valence-corrected chi connectivity index (χ2v) is 5.17. The van der Waals surface area contributed by atoms with Crippen LogP contribution in [0.3, 0.4) is 0 Å². The summed E-state index contributed by atoms with van der Waals surface area (Å²) >= 11 is 4.97. The zero-order valence-corrected chi connectivity index (χ0v) is 12.7. The van der Waals surface area contributed by atoms with Crippen LogP contribution < -0.4 is 11.1 Å². The van der Waals surface area contributed by atoms with Crippen molar-refractivity contribution >= 4 is 28.8 Å². The molecular formula is C15H18N4OS. The number of aryl methyl sites for hydroxylation is 2. The SMILES string of the molecule is Cc1nccn1CCCC(=O)Nc1ccccc1C(N)=S. The number of hydrogen-bond donors (Lipinski definition) is 2. The van der Waals surface area contributed by atoms with Crippen molar-refractivity contribution in [3.63, 3.8) is 0 Å². The van der Waals surface area contributed by atoms with E-state index in [-0.39, 0.29) is 10.9 Å². The minimum Gasteiger partial charge on any atom is -0.389 e. The van der Waals surface area contributed by atoms with Crippen LogP contribution in [-0.2, 0) is 11.3 Å². The minimum atomic E-state index is -0.0449. The molecule has 110 valence electrons. The van der Waals surface area contributed by atoms with Crippen molar-refractivity contribution in [1.82, 2.24) is 9.55 Å². The van der Waals surface area contributed by atoms with Gasteiger partial charge in [0.05, 0.1) is 5.69 Å². The second-order valence-electron chi connectivity index (χ2n) is 4.73. The molecule has 1 amide bonds. The molecule has 0 spiro atoms. The third-order valence-electron chi connectivity index (χ3n) is 3.19. The summed E-state index contributed by atoms with van der Waals surface area (Å²) in [6.07, 6.45) is 4.85. The van der Waals surface area contributed by atoms with Gasteiger partial charge in [0, 0.05) is 30.9 Å². The van der Waals surface area contributed by atoms with Crippen molar-refractivity contribution < 1.29 is 4.79 Å². The molecule has 0 bridgehead atoms. The van der Waals surface area contributed by atoms with E-state index < -0.39 is 0 Å². The fraction of sp³-hybridized carbons (Fsp3) is 0.267. The van der Waals surface area contributed by atoms with Gasteiger partial charge < -0.3 is 15.6 Å². The first-order valence-electron chi connectivity index (χ1n) is 6.74. The van der Waals surface area contributed by atoms with Gasteiger partial charge in [-0.25, -0.2) is 4.98 Å². The summed E-state index contributed by atoms with van der Waals surface area (Å²) in [7, 11) is 0. The molecule has 2 rings (SSSR count). The highest BCUT2D eigenvalue weighted by Gasteiger charge is 2.08. The van der Waals surface area contributed by atoms with Gasteiger partial charge in [-0.05, 0) is 25.5 Å². The fourth-order valence-corrected chi connectivity index (χ4v) is 2.25. The third kappa shape index (κ3) is 4.13. The zero-order valence-electron chi connectivity index (χ0n) is 11.9. The second kappa shape index (κ2) is 6.99. The molecule has 2 aromatic rings. The fourth-order valence-electron chi connectivity index (χ4n) is 2.07. The predicted octanol–water partition coefficient (Wildman–Crippen LogP) is 2.24. The van der Waals surface area contributed by atoms with Crippen molar-refractivity contribution in [1.29, 1.82) is 0 Å². The van der Waals surface area contributed by atoms with Crippen LogP contribution in [0.15, 0.2) is 36.7 Å². The van der Waals surface area contributed by atoms with Gasteiger partial charge >= 0.3 is 0 Å². The molecule has 0 aliphatic carbocycles. The lowest BCUT2D eigenvalue weighted by molar-refractivity contribution is -0.116. The largest absolute Gasteiger partial charge is 0.389 e. The summed E-state index contributed by atoms with van der Waals surface area (Å²) in [5.74, 6) is 0.908. The first kappa shape index (κ1) is 15.2. The van der Waals surface area contributed by atoms with Crippen LogP contribution >= 0.6 is 12.2 Å². The summed E-state index contributed by atoms with van der Waals surface area (Å²) in [6.45, 7) is 2.72. The Morgan fingerprint density at radius 3 is 2.86 bits per heavy atom. The number of hydrogen-bond acceptors (Lipinski definition) is 3. The lowest BCUT2D eigenvalue weighted by Gasteiger charge is -2.10. The maximum Gasteiger partial charge on any atom is 0.224 e. The van der Waals surface area contributed by atoms with E-state index in [9.17, 15) is 4.79 Å². The summed E-state index contributed by atoms with van der Waals surface area (Å²) < 4.78 is 2.02. The number of nitrogens with two attached hydrogens (primary N) is 1. The number of anilines is 1. The molecule has 6 heteroatoms. The highest BCUT2D eigenvalue weighted by molar-refractivity contribution is 7.80. The number of nitrogens with one attached hydrogen (secondary N) is 1. The monoisotopic (exact) mass is 302 g/mol. The highest BCUT2D eigenvalue weighted by Crippen LogP contribution is 2.15. The molecule has 3 N–H and O–H groups in total. The number of aromatic nitrogens is 2. The first-order chi connectivity index (χ1) is 10.1. The van der Waals surface area contributed by atoms with Crippen LogP contribution in [0.2, 0.25) is 0 Å². The number of imidazole rings is 1. The number of benzene rings is 1. The standard InChI is InChI=1S/C15H18N4OS/c1-11-17-8-10-19(11)9-4-7-14(20)18-13-6-3-2-5-12(13)15(16)21/h2-3,5-6,8,10H,4,7,9H2,1H3,(H2,16,21)(H,18,20). The van der Waals surface area contributed by atoms with Gasteiger partial charge in [-0.15, -0.1) is 0 Å². The maximum absolute atomic E-state index is 12.0. The molecule has 0 radical (unpaired) electrons. The lowest BCUT2D eigenvalue weighted by atomic mass is 10.1. The van der Waals surface area contributed by atoms with Gasteiger partial charge in [0.25, 0.3) is 0 Å². The van der Waals surface area contributed by atoms with E-state index >= 15 is 0 Å². The number of nitrogens with zero attached hydrogens (tertiary/aromatic N) is 2. The van der Waals surface area contributed by atoms with Crippen LogP contribution in [0.25, 0.3) is 0 Å². The molecule has 5 nitrogen and oxygen atoms in total. The number of amides is 1. The molecule has 0 atom stereocenters. The van der Waals surface area contributed by atoms with Crippen LogP contribution in [0.4, 0.5) is 5.69 Å². The van der Waals surface area contributed by atoms with Crippen LogP contribution in [0, 0.1) is 6.92 Å². The summed E-state index contributed by atoms with van der Waals surface area (Å²) in [6, 6.07) is 7.28. The van der Waals surface area contributed by atoms with Gasteiger partial charge in [-0.2, -0.15) is 0 Å². The number of rotatable bonds is 6. The first-order valence-corrected chi connectivity index (χ1v) is 7.15. The molecule has 0 unspecified atom stereocenters. The maximum atomic E-state index is 12.0. The Balaban J connectivity index is 1.88. The molecule has 0 aliphatic heterocycles. The molecule has 0 fully saturated rings. The van der Waals surface area contributed by atoms with Crippen molar-refractivity contribution in [2.75, 3.05) is 5.32 Å². The molecular weight excluding hydrogens is 284 g/mol. The summed E-state index contributed by atoms with van der Waals surface area (Å²) in [4.78, 5) is 16.4. The molecule has 21 heavy (non-hydrogen) atoms. The van der Waals surface area contributed by atoms with Crippen LogP contribution in [-0.4, -0.2) is 20.4 Å². The number of para-hydroxylation sites is 1. The number of carbonyl (C=O) groups is 1. The molecule has 1 aromatic carbocycles. The Morgan fingerprint density at radius 2 is 2.19 bits per heavy atom. The summed E-state index contributed by atoms with van der Waals surface area (Å²) in [5, 5.41) is 2.86. The van der Waals surface area contributed by atoms with Gasteiger partial charge in [-0.3, -0.25) is 4.79 Å². The van der Waals surface area contributed by atoms with Crippen LogP contribution in [0.5, 0.6) is 0 Å². The quantitative estimate of drug-likeness (QED) is 0.803. The Morgan fingerprint density at radius 1 is 1.43 bits per heavy atom. The van der Waals surface area contributed by atoms with Gasteiger partial charge in [0.2, 0.25) is 5.91 Å². The third-order valence-corrected chi connectivity index (χ3v) is 3.41. The van der Waals surface area contributed by atoms with Gasteiger partial charge in [-0.1, -0.05) is 24.4 Å². The van der Waals surface area contributed by atoms with Crippen molar-refractivity contribution in [2.45, 2.75) is 26.3 Å². The van der Waals surface area contributed by atoms with E-state index in [1.807, 2.05) is 29.8 Å². The Hall–Kier alpha value is -2.21. The van der Waals surface area contributed by atoms with E-state index in [1.165, 1.54) is 0 Å². The minimum absolute atomic E-state index is 0.0449. The smallest absolute Gasteiger partial charge is 0.224 e. The average Bonchev–Trinajstić information content (AvgIpc) is 2.85. The molecule has 0 aliphatic rings. The molecule has 1 aromatic heterocycles. The van der Waals surface area contributed by atoms with E-state index in [4.69, 9.17) is 18.0 Å². The zero-order chi connectivity index (χ0) is 15.2. The topological polar surface area (TPSA) is 72.9 Å². The van der Waals surface area contributed by atoms with Gasteiger partial charge in [0.15, 0.2) is 0 Å². The summed E-state index contributed by atoms with van der Waals surface area (Å²) in [5.41, 5.74) is 6.99. The Labute approximate surface area is 129 Å². The van der Waals surface area contributed by atoms with Gasteiger partial charge in [0.1, 0.15) is 10.8 Å². The van der Waals surface area contributed by atoms with Crippen LogP contribution in [0.1, 0.15) is 24.2 Å². The lowest BCUT2D eigenvalue weighted by Crippen LogP contribution is -2.17. The van der Waals surface area contributed by atoms with E-state index in [0.717, 1.165) is 18.8 Å². The van der Waals surface area contributed by atoms with E-state index in [2.05, 4.69) is 10.3 Å². The van der Waals surface area contributed by atoms with E-state index in [1.54, 1.807) is 18.3 Å². The average molecular weight is 302 g/mol. The molecule has 1 heterocycles. The Bertz CT molecular complexity index is 651. The highest BCUT2D eigenvalue weighted by atomic mass is 32.1.